The first kappa shape index (κ1) is 20.4. The molecule has 4 aromatic rings. The van der Waals surface area contributed by atoms with Gasteiger partial charge in [-0.3, -0.25) is 9.59 Å². The summed E-state index contributed by atoms with van der Waals surface area (Å²) in [7, 11) is 0. The Hall–Kier alpha value is -3.87. The third-order valence-corrected chi connectivity index (χ3v) is 5.25. The molecular formula is C24H23N5O2. The Morgan fingerprint density at radius 2 is 1.74 bits per heavy atom. The standard InChI is InChI=1S/C24H23N5O2/c1-14-8-10-18(11-9-14)23-27-24-25-15(2)21(16(3)29(24)28-23)13-22(31)26-20-7-5-6-19(12-20)17(4)30/h5-12H,13H2,1-4H3,(H,26,31). The zero-order chi connectivity index (χ0) is 22.1. The molecule has 156 valence electrons. The molecule has 7 heteroatoms. The van der Waals surface area contributed by atoms with Crippen LogP contribution in [0.5, 0.6) is 0 Å². The van der Waals surface area contributed by atoms with Crippen LogP contribution < -0.4 is 5.32 Å². The maximum Gasteiger partial charge on any atom is 0.253 e. The van der Waals surface area contributed by atoms with Gasteiger partial charge < -0.3 is 5.32 Å². The average molecular weight is 413 g/mol. The second-order valence-electron chi connectivity index (χ2n) is 7.64. The monoisotopic (exact) mass is 413 g/mol. The number of hydrogen-bond acceptors (Lipinski definition) is 5. The molecule has 1 amide bonds. The molecule has 0 radical (unpaired) electrons. The maximum absolute atomic E-state index is 12.7. The van der Waals surface area contributed by atoms with Crippen LogP contribution in [0.25, 0.3) is 17.2 Å². The molecule has 4 rings (SSSR count). The molecule has 31 heavy (non-hydrogen) atoms. The van der Waals surface area contributed by atoms with Gasteiger partial charge in [0.2, 0.25) is 5.91 Å². The van der Waals surface area contributed by atoms with Crippen molar-refractivity contribution in [1.82, 2.24) is 19.6 Å². The molecule has 0 saturated carbocycles. The first-order chi connectivity index (χ1) is 14.8. The lowest BCUT2D eigenvalue weighted by atomic mass is 10.1. The first-order valence-electron chi connectivity index (χ1n) is 10.0. The Morgan fingerprint density at radius 1 is 1.00 bits per heavy atom. The van der Waals surface area contributed by atoms with E-state index in [0.29, 0.717) is 22.9 Å². The Kier molecular flexibility index (Phi) is 5.33. The summed E-state index contributed by atoms with van der Waals surface area (Å²) >= 11 is 0. The van der Waals surface area contributed by atoms with Crippen molar-refractivity contribution in [2.45, 2.75) is 34.1 Å². The van der Waals surface area contributed by atoms with Gasteiger partial charge in [0.25, 0.3) is 5.78 Å². The molecule has 2 aromatic heterocycles. The summed E-state index contributed by atoms with van der Waals surface area (Å²) in [4.78, 5) is 33.4. The van der Waals surface area contributed by atoms with Crippen LogP contribution in [-0.4, -0.2) is 31.3 Å². The number of aromatic nitrogens is 4. The SMILES string of the molecule is CC(=O)c1cccc(NC(=O)Cc2c(C)nc3nc(-c4ccc(C)cc4)nn3c2C)c1. The summed E-state index contributed by atoms with van der Waals surface area (Å²) in [6, 6.07) is 14.9. The van der Waals surface area contributed by atoms with Crippen LogP contribution in [0.4, 0.5) is 5.69 Å². The molecule has 0 saturated heterocycles. The molecule has 0 atom stereocenters. The highest BCUT2D eigenvalue weighted by Crippen LogP contribution is 2.20. The maximum atomic E-state index is 12.7. The van der Waals surface area contributed by atoms with Crippen LogP contribution >= 0.6 is 0 Å². The second-order valence-corrected chi connectivity index (χ2v) is 7.64. The van der Waals surface area contributed by atoms with Crippen molar-refractivity contribution in [2.75, 3.05) is 5.32 Å². The molecule has 0 spiro atoms. The van der Waals surface area contributed by atoms with E-state index in [-0.39, 0.29) is 18.1 Å². The summed E-state index contributed by atoms with van der Waals surface area (Å²) in [5.41, 5.74) is 5.58. The van der Waals surface area contributed by atoms with Gasteiger partial charge >= 0.3 is 0 Å². The molecule has 0 fully saturated rings. The number of amides is 1. The highest BCUT2D eigenvalue weighted by Gasteiger charge is 2.17. The van der Waals surface area contributed by atoms with Gasteiger partial charge in [0.1, 0.15) is 0 Å². The highest BCUT2D eigenvalue weighted by molar-refractivity contribution is 5.97. The summed E-state index contributed by atoms with van der Waals surface area (Å²) in [6.07, 6.45) is 0.143. The number of Topliss-reactive ketones (excluding diaryl/α,β-unsaturated/α-hetero) is 1. The highest BCUT2D eigenvalue weighted by atomic mass is 16.1. The summed E-state index contributed by atoms with van der Waals surface area (Å²) in [5.74, 6) is 0.862. The fourth-order valence-electron chi connectivity index (χ4n) is 3.47. The number of carbonyl (C=O) groups excluding carboxylic acids is 2. The molecule has 0 aliphatic carbocycles. The van der Waals surface area contributed by atoms with Gasteiger partial charge in [-0.25, -0.2) is 9.50 Å². The lowest BCUT2D eigenvalue weighted by Crippen LogP contribution is -2.18. The number of fused-ring (bicyclic) bond motifs is 1. The lowest BCUT2D eigenvalue weighted by Gasteiger charge is -2.11. The molecule has 0 bridgehead atoms. The molecule has 0 unspecified atom stereocenters. The molecule has 2 aromatic carbocycles. The number of nitrogens with zero attached hydrogens (tertiary/aromatic N) is 4. The predicted octanol–water partition coefficient (Wildman–Crippen LogP) is 4.10. The molecular weight excluding hydrogens is 390 g/mol. The number of rotatable bonds is 5. The minimum atomic E-state index is -0.188. The van der Waals surface area contributed by atoms with E-state index < -0.39 is 0 Å². The van der Waals surface area contributed by atoms with E-state index in [1.165, 1.54) is 12.5 Å². The van der Waals surface area contributed by atoms with Crippen molar-refractivity contribution in [3.63, 3.8) is 0 Å². The normalized spacial score (nSPS) is 11.0. The van der Waals surface area contributed by atoms with Crippen molar-refractivity contribution >= 4 is 23.2 Å². The van der Waals surface area contributed by atoms with Gasteiger partial charge in [-0.1, -0.05) is 42.0 Å². The minimum absolute atomic E-state index is 0.0481. The number of aryl methyl sites for hydroxylation is 3. The number of carbonyl (C=O) groups is 2. The Labute approximate surface area is 180 Å². The van der Waals surface area contributed by atoms with Gasteiger partial charge in [0.15, 0.2) is 11.6 Å². The van der Waals surface area contributed by atoms with Crippen LogP contribution in [0.15, 0.2) is 48.5 Å². The number of hydrogen-bond donors (Lipinski definition) is 1. The summed E-state index contributed by atoms with van der Waals surface area (Å²) in [6.45, 7) is 7.31. The first-order valence-corrected chi connectivity index (χ1v) is 10.0. The summed E-state index contributed by atoms with van der Waals surface area (Å²) < 4.78 is 1.68. The van der Waals surface area contributed by atoms with E-state index in [9.17, 15) is 9.59 Å². The molecule has 7 nitrogen and oxygen atoms in total. The Morgan fingerprint density at radius 3 is 2.45 bits per heavy atom. The van der Waals surface area contributed by atoms with Gasteiger partial charge in [0.05, 0.1) is 6.42 Å². The van der Waals surface area contributed by atoms with Crippen LogP contribution in [0.3, 0.4) is 0 Å². The average Bonchev–Trinajstić information content (AvgIpc) is 3.16. The van der Waals surface area contributed by atoms with Gasteiger partial charge in [-0.2, -0.15) is 4.98 Å². The van der Waals surface area contributed by atoms with Crippen molar-refractivity contribution in [2.24, 2.45) is 0 Å². The number of anilines is 1. The third-order valence-electron chi connectivity index (χ3n) is 5.25. The van der Waals surface area contributed by atoms with Gasteiger partial charge in [0, 0.05) is 33.8 Å². The Bertz CT molecular complexity index is 1310. The van der Waals surface area contributed by atoms with Crippen molar-refractivity contribution in [1.29, 1.82) is 0 Å². The van der Waals surface area contributed by atoms with Gasteiger partial charge in [-0.15, -0.1) is 5.10 Å². The quantitative estimate of drug-likeness (QED) is 0.498. The van der Waals surface area contributed by atoms with Crippen LogP contribution in [0.1, 0.15) is 39.8 Å². The van der Waals surface area contributed by atoms with E-state index in [0.717, 1.165) is 22.5 Å². The van der Waals surface area contributed by atoms with Gasteiger partial charge in [-0.05, 0) is 39.8 Å². The van der Waals surface area contributed by atoms with Crippen LogP contribution in [0, 0.1) is 20.8 Å². The van der Waals surface area contributed by atoms with E-state index in [2.05, 4.69) is 20.4 Å². The molecule has 1 N–H and O–H groups in total. The molecule has 0 aliphatic rings. The summed E-state index contributed by atoms with van der Waals surface area (Å²) in [5, 5.41) is 7.47. The Balaban J connectivity index is 1.61. The van der Waals surface area contributed by atoms with Crippen molar-refractivity contribution in [3.05, 3.63) is 76.6 Å². The lowest BCUT2D eigenvalue weighted by molar-refractivity contribution is -0.115. The van der Waals surface area contributed by atoms with E-state index in [1.54, 1.807) is 28.8 Å². The van der Waals surface area contributed by atoms with E-state index in [1.807, 2.05) is 45.0 Å². The minimum Gasteiger partial charge on any atom is -0.326 e. The van der Waals surface area contributed by atoms with Crippen molar-refractivity contribution < 1.29 is 9.59 Å². The van der Waals surface area contributed by atoms with Crippen molar-refractivity contribution in [3.8, 4) is 11.4 Å². The largest absolute Gasteiger partial charge is 0.326 e. The van der Waals surface area contributed by atoms with E-state index in [4.69, 9.17) is 0 Å². The second kappa shape index (κ2) is 8.10. The smallest absolute Gasteiger partial charge is 0.253 e. The fraction of sp³-hybridized carbons (Fsp3) is 0.208. The molecule has 0 aliphatic heterocycles. The van der Waals surface area contributed by atoms with Crippen LogP contribution in [0.2, 0.25) is 0 Å². The number of benzene rings is 2. The third kappa shape index (κ3) is 4.21. The van der Waals surface area contributed by atoms with Crippen LogP contribution in [-0.2, 0) is 11.2 Å². The van der Waals surface area contributed by atoms with E-state index >= 15 is 0 Å². The topological polar surface area (TPSA) is 89.2 Å². The predicted molar refractivity (Wildman–Crippen MR) is 119 cm³/mol. The number of ketones is 1. The zero-order valence-corrected chi connectivity index (χ0v) is 17.9. The zero-order valence-electron chi connectivity index (χ0n) is 17.9. The molecule has 2 heterocycles. The fourth-order valence-corrected chi connectivity index (χ4v) is 3.47. The number of nitrogens with one attached hydrogen (secondary N) is 1.